The SMILES string of the molecule is COc1ccc(CN2CC3(CCN(Cc4ccccc4)C3)c3c(CN)cccc32)cc1. The first-order chi connectivity index (χ1) is 15.2. The second-order valence-corrected chi connectivity index (χ2v) is 8.95. The first-order valence-corrected chi connectivity index (χ1v) is 11.2. The van der Waals surface area contributed by atoms with Crippen LogP contribution in [0, 0.1) is 0 Å². The Morgan fingerprint density at radius 1 is 0.871 bits per heavy atom. The molecule has 2 aliphatic heterocycles. The molecule has 2 heterocycles. The van der Waals surface area contributed by atoms with Crippen molar-refractivity contribution in [1.82, 2.24) is 4.90 Å². The van der Waals surface area contributed by atoms with E-state index in [4.69, 9.17) is 10.5 Å². The summed E-state index contributed by atoms with van der Waals surface area (Å²) < 4.78 is 5.33. The molecule has 2 N–H and O–H groups in total. The number of fused-ring (bicyclic) bond motifs is 2. The summed E-state index contributed by atoms with van der Waals surface area (Å²) in [5, 5.41) is 0. The van der Waals surface area contributed by atoms with Gasteiger partial charge in [-0.1, -0.05) is 54.6 Å². The molecule has 1 unspecified atom stereocenters. The molecule has 1 spiro atoms. The zero-order valence-corrected chi connectivity index (χ0v) is 18.3. The first kappa shape index (κ1) is 20.1. The van der Waals surface area contributed by atoms with E-state index in [1.54, 1.807) is 7.11 Å². The summed E-state index contributed by atoms with van der Waals surface area (Å²) in [6, 6.07) is 25.9. The highest BCUT2D eigenvalue weighted by Crippen LogP contribution is 2.48. The van der Waals surface area contributed by atoms with Crippen LogP contribution in [0.25, 0.3) is 0 Å². The number of rotatable bonds is 6. The molecule has 0 radical (unpaired) electrons. The maximum atomic E-state index is 6.22. The Labute approximate surface area is 185 Å². The van der Waals surface area contributed by atoms with Crippen LogP contribution >= 0.6 is 0 Å². The molecule has 0 bridgehead atoms. The monoisotopic (exact) mass is 413 g/mol. The van der Waals surface area contributed by atoms with Crippen LogP contribution in [0.4, 0.5) is 5.69 Å². The number of ether oxygens (including phenoxy) is 1. The van der Waals surface area contributed by atoms with E-state index in [1.165, 1.54) is 34.4 Å². The van der Waals surface area contributed by atoms with Gasteiger partial charge in [-0.15, -0.1) is 0 Å². The Balaban J connectivity index is 1.42. The summed E-state index contributed by atoms with van der Waals surface area (Å²) in [6.45, 7) is 5.79. The number of nitrogens with zero attached hydrogens (tertiary/aromatic N) is 2. The Kier molecular flexibility index (Phi) is 5.43. The predicted octanol–water partition coefficient (Wildman–Crippen LogP) is 4.32. The summed E-state index contributed by atoms with van der Waals surface area (Å²) in [5.74, 6) is 0.903. The van der Waals surface area contributed by atoms with E-state index in [0.717, 1.165) is 38.5 Å². The fourth-order valence-corrected chi connectivity index (χ4v) is 5.52. The van der Waals surface area contributed by atoms with Gasteiger partial charge in [0.1, 0.15) is 5.75 Å². The lowest BCUT2D eigenvalue weighted by Gasteiger charge is -2.28. The molecule has 0 aliphatic carbocycles. The minimum atomic E-state index is 0.159. The maximum Gasteiger partial charge on any atom is 0.118 e. The van der Waals surface area contributed by atoms with Gasteiger partial charge in [0, 0.05) is 43.8 Å². The van der Waals surface area contributed by atoms with Crippen molar-refractivity contribution in [2.24, 2.45) is 5.73 Å². The van der Waals surface area contributed by atoms with Crippen LogP contribution < -0.4 is 15.4 Å². The average Bonchev–Trinajstić information content (AvgIpc) is 3.35. The average molecular weight is 414 g/mol. The molecule has 3 aromatic carbocycles. The molecule has 0 saturated carbocycles. The molecule has 0 amide bonds. The lowest BCUT2D eigenvalue weighted by molar-refractivity contribution is 0.306. The quantitative estimate of drug-likeness (QED) is 0.654. The highest BCUT2D eigenvalue weighted by atomic mass is 16.5. The minimum absolute atomic E-state index is 0.159. The number of nitrogens with two attached hydrogens (primary N) is 1. The topological polar surface area (TPSA) is 41.7 Å². The zero-order valence-electron chi connectivity index (χ0n) is 18.3. The van der Waals surface area contributed by atoms with Crippen LogP contribution in [0.5, 0.6) is 5.75 Å². The van der Waals surface area contributed by atoms with E-state index < -0.39 is 0 Å². The smallest absolute Gasteiger partial charge is 0.118 e. The predicted molar refractivity (Wildman–Crippen MR) is 126 cm³/mol. The summed E-state index contributed by atoms with van der Waals surface area (Å²) in [7, 11) is 1.71. The Bertz CT molecular complexity index is 1030. The third kappa shape index (κ3) is 3.82. The largest absolute Gasteiger partial charge is 0.497 e. The second-order valence-electron chi connectivity index (χ2n) is 8.95. The number of hydrogen-bond donors (Lipinski definition) is 1. The van der Waals surface area contributed by atoms with Crippen LogP contribution in [-0.4, -0.2) is 31.6 Å². The fraction of sp³-hybridized carbons (Fsp3) is 0.333. The Morgan fingerprint density at radius 3 is 2.39 bits per heavy atom. The molecule has 160 valence electrons. The molecule has 4 nitrogen and oxygen atoms in total. The summed E-state index contributed by atoms with van der Waals surface area (Å²) in [6.07, 6.45) is 1.18. The third-order valence-electron chi connectivity index (χ3n) is 6.93. The van der Waals surface area contributed by atoms with Gasteiger partial charge in [-0.3, -0.25) is 4.90 Å². The van der Waals surface area contributed by atoms with Gasteiger partial charge in [-0.2, -0.15) is 0 Å². The summed E-state index contributed by atoms with van der Waals surface area (Å²) in [5.41, 5.74) is 13.2. The molecule has 1 saturated heterocycles. The Morgan fingerprint density at radius 2 is 1.65 bits per heavy atom. The van der Waals surface area contributed by atoms with Crippen LogP contribution in [0.1, 0.15) is 28.7 Å². The van der Waals surface area contributed by atoms with Crippen molar-refractivity contribution < 1.29 is 4.74 Å². The maximum absolute atomic E-state index is 6.22. The normalized spacial score (nSPS) is 20.4. The molecular formula is C27H31N3O. The third-order valence-corrected chi connectivity index (χ3v) is 6.93. The minimum Gasteiger partial charge on any atom is -0.497 e. The molecule has 4 heteroatoms. The number of benzene rings is 3. The van der Waals surface area contributed by atoms with Crippen LogP contribution in [0.2, 0.25) is 0 Å². The summed E-state index contributed by atoms with van der Waals surface area (Å²) in [4.78, 5) is 5.17. The molecular weight excluding hydrogens is 382 g/mol. The number of anilines is 1. The number of methoxy groups -OCH3 is 1. The van der Waals surface area contributed by atoms with Gasteiger partial charge in [0.2, 0.25) is 0 Å². The van der Waals surface area contributed by atoms with Gasteiger partial charge in [0.05, 0.1) is 7.11 Å². The molecule has 5 rings (SSSR count). The molecule has 1 atom stereocenters. The van der Waals surface area contributed by atoms with Gasteiger partial charge >= 0.3 is 0 Å². The van der Waals surface area contributed by atoms with Crippen molar-refractivity contribution in [1.29, 1.82) is 0 Å². The van der Waals surface area contributed by atoms with E-state index in [-0.39, 0.29) is 5.41 Å². The van der Waals surface area contributed by atoms with E-state index in [0.29, 0.717) is 6.54 Å². The highest BCUT2D eigenvalue weighted by Gasteiger charge is 2.48. The molecule has 3 aromatic rings. The molecule has 2 aliphatic rings. The zero-order chi connectivity index (χ0) is 21.3. The van der Waals surface area contributed by atoms with Crippen molar-refractivity contribution in [3.63, 3.8) is 0 Å². The van der Waals surface area contributed by atoms with Crippen molar-refractivity contribution in [3.8, 4) is 5.75 Å². The fourth-order valence-electron chi connectivity index (χ4n) is 5.52. The van der Waals surface area contributed by atoms with Crippen LogP contribution in [0.15, 0.2) is 72.8 Å². The van der Waals surface area contributed by atoms with Crippen LogP contribution in [-0.2, 0) is 25.0 Å². The lowest BCUT2D eigenvalue weighted by Crippen LogP contribution is -2.36. The van der Waals surface area contributed by atoms with Crippen molar-refractivity contribution in [2.45, 2.75) is 31.5 Å². The van der Waals surface area contributed by atoms with Gasteiger partial charge < -0.3 is 15.4 Å². The van der Waals surface area contributed by atoms with E-state index in [9.17, 15) is 0 Å². The summed E-state index contributed by atoms with van der Waals surface area (Å²) >= 11 is 0. The van der Waals surface area contributed by atoms with Gasteiger partial charge in [-0.25, -0.2) is 0 Å². The standard InChI is InChI=1S/C27H31N3O/c1-31-24-12-10-22(11-13-24)18-30-20-27(26-23(16-28)8-5-9-25(26)30)14-15-29(19-27)17-21-6-3-2-4-7-21/h2-13H,14-20,28H2,1H3. The van der Waals surface area contributed by atoms with E-state index >= 15 is 0 Å². The lowest BCUT2D eigenvalue weighted by atomic mass is 9.79. The first-order valence-electron chi connectivity index (χ1n) is 11.2. The molecule has 0 aromatic heterocycles. The van der Waals surface area contributed by atoms with Crippen LogP contribution in [0.3, 0.4) is 0 Å². The van der Waals surface area contributed by atoms with Gasteiger partial charge in [0.15, 0.2) is 0 Å². The van der Waals surface area contributed by atoms with Crippen molar-refractivity contribution in [2.75, 3.05) is 31.6 Å². The van der Waals surface area contributed by atoms with Crippen molar-refractivity contribution in [3.05, 3.63) is 95.1 Å². The number of hydrogen-bond acceptors (Lipinski definition) is 4. The van der Waals surface area contributed by atoms with Gasteiger partial charge in [0.25, 0.3) is 0 Å². The van der Waals surface area contributed by atoms with E-state index in [2.05, 4.69) is 82.6 Å². The Hall–Kier alpha value is -2.82. The van der Waals surface area contributed by atoms with E-state index in [1.807, 2.05) is 0 Å². The van der Waals surface area contributed by atoms with Crippen molar-refractivity contribution >= 4 is 5.69 Å². The second kappa shape index (κ2) is 8.37. The molecule has 31 heavy (non-hydrogen) atoms. The number of likely N-dealkylation sites (tertiary alicyclic amines) is 1. The van der Waals surface area contributed by atoms with Gasteiger partial charge in [-0.05, 0) is 53.4 Å². The molecule has 1 fully saturated rings. The highest BCUT2D eigenvalue weighted by molar-refractivity contribution is 5.66.